The lowest BCUT2D eigenvalue weighted by Gasteiger charge is -2.19. The fourth-order valence-corrected chi connectivity index (χ4v) is 2.06. The molecule has 1 amide bonds. The van der Waals surface area contributed by atoms with Gasteiger partial charge in [-0.25, -0.2) is 4.79 Å². The van der Waals surface area contributed by atoms with Gasteiger partial charge in [-0.15, -0.1) is 0 Å². The van der Waals surface area contributed by atoms with Gasteiger partial charge in [0.15, 0.2) is 6.10 Å². The van der Waals surface area contributed by atoms with Crippen LogP contribution in [0.5, 0.6) is 0 Å². The molecule has 2 atom stereocenters. The number of ether oxygens (including phenoxy) is 1. The van der Waals surface area contributed by atoms with E-state index < -0.39 is 24.0 Å². The van der Waals surface area contributed by atoms with Gasteiger partial charge in [-0.05, 0) is 24.3 Å². The maximum Gasteiger partial charge on any atom is 0.326 e. The summed E-state index contributed by atoms with van der Waals surface area (Å²) in [6.07, 6.45) is 0.919. The first-order valence-corrected chi connectivity index (χ1v) is 6.24. The van der Waals surface area contributed by atoms with E-state index in [1.54, 1.807) is 12.1 Å². The Morgan fingerprint density at radius 2 is 1.95 bits per heavy atom. The van der Waals surface area contributed by atoms with E-state index in [1.807, 2.05) is 18.2 Å². The maximum absolute atomic E-state index is 12.1. The molecule has 1 aromatic carbocycles. The summed E-state index contributed by atoms with van der Waals surface area (Å²) < 4.78 is 5.17. The predicted molar refractivity (Wildman–Crippen MR) is 68.5 cm³/mol. The molecule has 5 nitrogen and oxygen atoms in total. The third kappa shape index (κ3) is 3.32. The average Bonchev–Trinajstić information content (AvgIpc) is 3.22. The number of carbonyl (C=O) groups excluding carboxylic acids is 1. The topological polar surface area (TPSA) is 75.6 Å². The molecule has 0 aliphatic heterocycles. The van der Waals surface area contributed by atoms with Crippen molar-refractivity contribution >= 4 is 11.9 Å². The zero-order valence-electron chi connectivity index (χ0n) is 10.7. The van der Waals surface area contributed by atoms with Gasteiger partial charge >= 0.3 is 5.97 Å². The van der Waals surface area contributed by atoms with Crippen molar-refractivity contribution in [3.8, 4) is 0 Å². The fourth-order valence-electron chi connectivity index (χ4n) is 2.06. The van der Waals surface area contributed by atoms with Crippen LogP contribution in [0.1, 0.15) is 24.5 Å². The summed E-state index contributed by atoms with van der Waals surface area (Å²) in [6.45, 7) is 0. The first kappa shape index (κ1) is 13.5. The Morgan fingerprint density at radius 1 is 1.32 bits per heavy atom. The minimum absolute atomic E-state index is 0.0507. The molecule has 0 heterocycles. The molecular weight excluding hydrogens is 246 g/mol. The SMILES string of the molecule is CO[C@@H](C(=O)NC(C(=O)O)C1CC1)c1ccccc1. The standard InChI is InChI=1S/C14H17NO4/c1-19-12(10-5-3-2-4-6-10)13(16)15-11(14(17)18)9-7-8-9/h2-6,9,11-12H,7-8H2,1H3,(H,15,16)(H,17,18)/t11?,12-/m1/s1. The lowest BCUT2D eigenvalue weighted by Crippen LogP contribution is -2.44. The zero-order valence-corrected chi connectivity index (χ0v) is 10.7. The highest BCUT2D eigenvalue weighted by Crippen LogP contribution is 2.33. The molecule has 102 valence electrons. The number of carboxylic acids is 1. The molecule has 0 aromatic heterocycles. The van der Waals surface area contributed by atoms with Crippen LogP contribution in [0.2, 0.25) is 0 Å². The number of benzene rings is 1. The number of amides is 1. The van der Waals surface area contributed by atoms with E-state index >= 15 is 0 Å². The van der Waals surface area contributed by atoms with E-state index in [-0.39, 0.29) is 5.92 Å². The Hall–Kier alpha value is -1.88. The number of hydrogen-bond donors (Lipinski definition) is 2. The fraction of sp³-hybridized carbons (Fsp3) is 0.429. The third-order valence-corrected chi connectivity index (χ3v) is 3.23. The zero-order chi connectivity index (χ0) is 13.8. The van der Waals surface area contributed by atoms with Crippen molar-refractivity contribution in [2.45, 2.75) is 25.0 Å². The second-order valence-corrected chi connectivity index (χ2v) is 4.69. The summed E-state index contributed by atoms with van der Waals surface area (Å²) in [5.41, 5.74) is 0.711. The summed E-state index contributed by atoms with van der Waals surface area (Å²) in [7, 11) is 1.43. The van der Waals surface area contributed by atoms with E-state index in [1.165, 1.54) is 7.11 Å². The average molecular weight is 263 g/mol. The van der Waals surface area contributed by atoms with Gasteiger partial charge in [0.05, 0.1) is 0 Å². The lowest BCUT2D eigenvalue weighted by atomic mass is 10.1. The Bertz CT molecular complexity index is 456. The minimum atomic E-state index is -0.987. The van der Waals surface area contributed by atoms with Crippen molar-refractivity contribution < 1.29 is 19.4 Å². The van der Waals surface area contributed by atoms with Gasteiger partial charge in [0.25, 0.3) is 5.91 Å². The van der Waals surface area contributed by atoms with Crippen molar-refractivity contribution in [1.82, 2.24) is 5.32 Å². The van der Waals surface area contributed by atoms with Crippen LogP contribution in [0.25, 0.3) is 0 Å². The molecule has 1 unspecified atom stereocenters. The summed E-state index contributed by atoms with van der Waals surface area (Å²) >= 11 is 0. The van der Waals surface area contributed by atoms with E-state index in [0.717, 1.165) is 12.8 Å². The molecule has 2 rings (SSSR count). The first-order valence-electron chi connectivity index (χ1n) is 6.24. The highest BCUT2D eigenvalue weighted by Gasteiger charge is 2.38. The van der Waals surface area contributed by atoms with Crippen LogP contribution < -0.4 is 5.32 Å². The van der Waals surface area contributed by atoms with Crippen LogP contribution in [-0.2, 0) is 14.3 Å². The van der Waals surface area contributed by atoms with Gasteiger partial charge in [0, 0.05) is 7.11 Å². The Kier molecular flexibility index (Phi) is 4.16. The number of rotatable bonds is 6. The van der Waals surface area contributed by atoms with Crippen LogP contribution in [-0.4, -0.2) is 30.1 Å². The molecule has 0 bridgehead atoms. The van der Waals surface area contributed by atoms with E-state index in [9.17, 15) is 9.59 Å². The molecule has 0 radical (unpaired) electrons. The molecule has 19 heavy (non-hydrogen) atoms. The van der Waals surface area contributed by atoms with Crippen molar-refractivity contribution in [3.05, 3.63) is 35.9 Å². The molecule has 1 aliphatic rings. The van der Waals surface area contributed by atoms with Crippen LogP contribution >= 0.6 is 0 Å². The first-order chi connectivity index (χ1) is 9.13. The molecule has 1 fully saturated rings. The number of carboxylic acid groups (broad SMARTS) is 1. The monoisotopic (exact) mass is 263 g/mol. The largest absolute Gasteiger partial charge is 0.480 e. The van der Waals surface area contributed by atoms with E-state index in [4.69, 9.17) is 9.84 Å². The molecule has 5 heteroatoms. The molecule has 1 saturated carbocycles. The predicted octanol–water partition coefficient (Wildman–Crippen LogP) is 1.35. The third-order valence-electron chi connectivity index (χ3n) is 3.23. The highest BCUT2D eigenvalue weighted by atomic mass is 16.5. The second-order valence-electron chi connectivity index (χ2n) is 4.69. The summed E-state index contributed by atoms with van der Waals surface area (Å²) in [6, 6.07) is 8.21. The normalized spacial score (nSPS) is 17.5. The highest BCUT2D eigenvalue weighted by molar-refractivity contribution is 5.87. The van der Waals surface area contributed by atoms with Crippen molar-refractivity contribution in [1.29, 1.82) is 0 Å². The Morgan fingerprint density at radius 3 is 2.42 bits per heavy atom. The molecule has 0 saturated heterocycles. The van der Waals surface area contributed by atoms with Crippen LogP contribution in [0.3, 0.4) is 0 Å². The molecule has 2 N–H and O–H groups in total. The molecule has 1 aromatic rings. The quantitative estimate of drug-likeness (QED) is 0.812. The molecule has 0 spiro atoms. The van der Waals surface area contributed by atoms with E-state index in [0.29, 0.717) is 5.56 Å². The summed E-state index contributed by atoms with van der Waals surface area (Å²) in [5, 5.41) is 11.7. The van der Waals surface area contributed by atoms with Gasteiger partial charge in [-0.1, -0.05) is 30.3 Å². The van der Waals surface area contributed by atoms with Gasteiger partial charge < -0.3 is 15.2 Å². The van der Waals surface area contributed by atoms with Crippen LogP contribution in [0.4, 0.5) is 0 Å². The number of methoxy groups -OCH3 is 1. The smallest absolute Gasteiger partial charge is 0.326 e. The van der Waals surface area contributed by atoms with E-state index in [2.05, 4.69) is 5.32 Å². The van der Waals surface area contributed by atoms with Crippen LogP contribution in [0, 0.1) is 5.92 Å². The van der Waals surface area contributed by atoms with Crippen LogP contribution in [0.15, 0.2) is 30.3 Å². The van der Waals surface area contributed by atoms with Gasteiger partial charge in [-0.2, -0.15) is 0 Å². The number of nitrogens with one attached hydrogen (secondary N) is 1. The maximum atomic E-state index is 12.1. The number of hydrogen-bond acceptors (Lipinski definition) is 3. The summed E-state index contributed by atoms with van der Waals surface area (Å²) in [4.78, 5) is 23.2. The Labute approximate surface area is 111 Å². The van der Waals surface area contributed by atoms with Gasteiger partial charge in [0.2, 0.25) is 0 Å². The van der Waals surface area contributed by atoms with Gasteiger partial charge in [0.1, 0.15) is 6.04 Å². The molecule has 1 aliphatic carbocycles. The van der Waals surface area contributed by atoms with Gasteiger partial charge in [-0.3, -0.25) is 4.79 Å². The molecular formula is C14H17NO4. The Balaban J connectivity index is 2.06. The second kappa shape index (κ2) is 5.84. The van der Waals surface area contributed by atoms with Crippen molar-refractivity contribution in [2.24, 2.45) is 5.92 Å². The minimum Gasteiger partial charge on any atom is -0.480 e. The lowest BCUT2D eigenvalue weighted by molar-refractivity contribution is -0.144. The number of aliphatic carboxylic acids is 1. The van der Waals surface area contributed by atoms with Crippen molar-refractivity contribution in [3.63, 3.8) is 0 Å². The van der Waals surface area contributed by atoms with Crippen molar-refractivity contribution in [2.75, 3.05) is 7.11 Å². The summed E-state index contributed by atoms with van der Waals surface area (Å²) in [5.74, 6) is -1.35. The number of carbonyl (C=O) groups is 2.